The fourth-order valence-electron chi connectivity index (χ4n) is 1.60. The third kappa shape index (κ3) is 4.96. The van der Waals surface area contributed by atoms with Crippen molar-refractivity contribution in [2.75, 3.05) is 25.6 Å². The van der Waals surface area contributed by atoms with Crippen molar-refractivity contribution >= 4 is 29.1 Å². The van der Waals surface area contributed by atoms with E-state index in [-0.39, 0.29) is 5.02 Å². The van der Waals surface area contributed by atoms with Crippen LogP contribution in [0.2, 0.25) is 5.02 Å². The van der Waals surface area contributed by atoms with Gasteiger partial charge in [0.2, 0.25) is 11.8 Å². The molecule has 0 fully saturated rings. The van der Waals surface area contributed by atoms with Crippen LogP contribution in [0.15, 0.2) is 18.2 Å². The Morgan fingerprint density at radius 2 is 2.00 bits per heavy atom. The molecule has 0 saturated heterocycles. The van der Waals surface area contributed by atoms with Crippen molar-refractivity contribution in [2.24, 2.45) is 5.41 Å². The molecule has 1 aromatic rings. The fourth-order valence-corrected chi connectivity index (χ4v) is 1.78. The smallest absolute Gasteiger partial charge is 0.239 e. The summed E-state index contributed by atoms with van der Waals surface area (Å²) in [5, 5.41) is 5.14. The van der Waals surface area contributed by atoms with E-state index in [1.54, 1.807) is 7.11 Å². The quantitative estimate of drug-likeness (QED) is 0.596. The Hall–Kier alpha value is -1.66. The maximum atomic E-state index is 13.1. The van der Waals surface area contributed by atoms with Gasteiger partial charge in [0.05, 0.1) is 5.02 Å². The van der Waals surface area contributed by atoms with E-state index in [1.165, 1.54) is 26.0 Å². The molecule has 22 heavy (non-hydrogen) atoms. The van der Waals surface area contributed by atoms with E-state index in [1.807, 2.05) is 0 Å². The molecule has 0 bridgehead atoms. The number of carbonyl (C=O) groups is 2. The zero-order valence-corrected chi connectivity index (χ0v) is 13.6. The van der Waals surface area contributed by atoms with Gasteiger partial charge in [-0.25, -0.2) is 4.39 Å². The monoisotopic (exact) mass is 330 g/mol. The number of halogens is 2. The van der Waals surface area contributed by atoms with E-state index >= 15 is 0 Å². The molecule has 0 aromatic heterocycles. The number of nitrogens with one attached hydrogen (secondary N) is 2. The van der Waals surface area contributed by atoms with E-state index < -0.39 is 23.0 Å². The molecule has 0 atom stereocenters. The predicted octanol–water partition coefficient (Wildman–Crippen LogP) is 2.60. The van der Waals surface area contributed by atoms with Crippen molar-refractivity contribution in [2.45, 2.75) is 20.3 Å². The molecule has 5 nitrogen and oxygen atoms in total. The van der Waals surface area contributed by atoms with Gasteiger partial charge in [0.15, 0.2) is 0 Å². The van der Waals surface area contributed by atoms with E-state index in [4.69, 9.17) is 16.3 Å². The molecule has 0 unspecified atom stereocenters. The van der Waals surface area contributed by atoms with Gasteiger partial charge < -0.3 is 15.4 Å². The van der Waals surface area contributed by atoms with Gasteiger partial charge in [-0.15, -0.1) is 0 Å². The molecular weight excluding hydrogens is 311 g/mol. The molecule has 2 amide bonds. The summed E-state index contributed by atoms with van der Waals surface area (Å²) in [6.45, 7) is 3.98. The summed E-state index contributed by atoms with van der Waals surface area (Å²) >= 11 is 5.65. The van der Waals surface area contributed by atoms with Crippen LogP contribution in [0.5, 0.6) is 0 Å². The molecule has 0 spiro atoms. The summed E-state index contributed by atoms with van der Waals surface area (Å²) in [4.78, 5) is 24.3. The predicted molar refractivity (Wildman–Crippen MR) is 83.3 cm³/mol. The fraction of sp³-hybridized carbons (Fsp3) is 0.467. The molecule has 0 aliphatic carbocycles. The Labute approximate surface area is 134 Å². The summed E-state index contributed by atoms with van der Waals surface area (Å²) in [5.41, 5.74) is -0.940. The van der Waals surface area contributed by atoms with Crippen molar-refractivity contribution in [3.05, 3.63) is 29.0 Å². The first kappa shape index (κ1) is 18.4. The lowest BCUT2D eigenvalue weighted by Gasteiger charge is -2.22. The standard InChI is InChI=1S/C15H20ClFN2O3/c1-15(2,13(20)18-7-4-8-22-3)14(21)19-10-5-6-12(17)11(16)9-10/h5-6,9H,4,7-8H2,1-3H3,(H,18,20)(H,19,21). The van der Waals surface area contributed by atoms with Gasteiger partial charge >= 0.3 is 0 Å². The third-order valence-corrected chi connectivity index (χ3v) is 3.41. The number of methoxy groups -OCH3 is 1. The molecule has 0 heterocycles. The lowest BCUT2D eigenvalue weighted by molar-refractivity contribution is -0.138. The summed E-state index contributed by atoms with van der Waals surface area (Å²) in [6.07, 6.45) is 0.660. The number of carbonyl (C=O) groups excluding carboxylic acids is 2. The van der Waals surface area contributed by atoms with E-state index in [9.17, 15) is 14.0 Å². The van der Waals surface area contributed by atoms with Gasteiger partial charge in [-0.2, -0.15) is 0 Å². The van der Waals surface area contributed by atoms with E-state index in [0.717, 1.165) is 6.07 Å². The van der Waals surface area contributed by atoms with Crippen molar-refractivity contribution in [3.8, 4) is 0 Å². The molecule has 0 aliphatic heterocycles. The number of rotatable bonds is 7. The van der Waals surface area contributed by atoms with Gasteiger partial charge in [-0.1, -0.05) is 11.6 Å². The molecule has 2 N–H and O–H groups in total. The summed E-state index contributed by atoms with van der Waals surface area (Å²) in [6, 6.07) is 3.82. The largest absolute Gasteiger partial charge is 0.385 e. The average molecular weight is 331 g/mol. The van der Waals surface area contributed by atoms with Gasteiger partial charge in [0, 0.05) is 25.9 Å². The lowest BCUT2D eigenvalue weighted by Crippen LogP contribution is -2.45. The first-order valence-corrected chi connectivity index (χ1v) is 7.20. The van der Waals surface area contributed by atoms with Crippen LogP contribution < -0.4 is 10.6 Å². The summed E-state index contributed by atoms with van der Waals surface area (Å²) in [5.74, 6) is -1.47. The summed E-state index contributed by atoms with van der Waals surface area (Å²) in [7, 11) is 1.58. The second-order valence-corrected chi connectivity index (χ2v) is 5.72. The topological polar surface area (TPSA) is 67.4 Å². The second kappa shape index (κ2) is 8.10. The van der Waals surface area contributed by atoms with Crippen LogP contribution in [0.3, 0.4) is 0 Å². The number of hydrogen-bond donors (Lipinski definition) is 2. The number of amides is 2. The highest BCUT2D eigenvalue weighted by atomic mass is 35.5. The molecule has 0 radical (unpaired) electrons. The van der Waals surface area contributed by atoms with Crippen LogP contribution in [-0.2, 0) is 14.3 Å². The number of ether oxygens (including phenoxy) is 1. The van der Waals surface area contributed by atoms with Gasteiger partial charge in [0.25, 0.3) is 0 Å². The SMILES string of the molecule is COCCCNC(=O)C(C)(C)C(=O)Nc1ccc(F)c(Cl)c1. The van der Waals surface area contributed by atoms with Crippen molar-refractivity contribution in [1.82, 2.24) is 5.32 Å². The highest BCUT2D eigenvalue weighted by Gasteiger charge is 2.35. The number of benzene rings is 1. The molecule has 0 saturated carbocycles. The van der Waals surface area contributed by atoms with E-state index in [2.05, 4.69) is 10.6 Å². The van der Waals surface area contributed by atoms with Crippen molar-refractivity contribution in [3.63, 3.8) is 0 Å². The highest BCUT2D eigenvalue weighted by Crippen LogP contribution is 2.22. The minimum Gasteiger partial charge on any atom is -0.385 e. The zero-order valence-electron chi connectivity index (χ0n) is 12.8. The van der Waals surface area contributed by atoms with Crippen LogP contribution in [-0.4, -0.2) is 32.1 Å². The minimum absolute atomic E-state index is 0.0976. The van der Waals surface area contributed by atoms with Gasteiger partial charge in [0.1, 0.15) is 11.2 Å². The Morgan fingerprint density at radius 3 is 2.59 bits per heavy atom. The van der Waals surface area contributed by atoms with Crippen LogP contribution in [0, 0.1) is 11.2 Å². The molecule has 122 valence electrons. The average Bonchev–Trinajstić information content (AvgIpc) is 2.47. The van der Waals surface area contributed by atoms with Crippen molar-refractivity contribution in [1.29, 1.82) is 0 Å². The van der Waals surface area contributed by atoms with Crippen molar-refractivity contribution < 1.29 is 18.7 Å². The van der Waals surface area contributed by atoms with Gasteiger partial charge in [-0.05, 0) is 38.5 Å². The maximum absolute atomic E-state index is 13.1. The Kier molecular flexibility index (Phi) is 6.77. The Balaban J connectivity index is 2.64. The second-order valence-electron chi connectivity index (χ2n) is 5.31. The van der Waals surface area contributed by atoms with E-state index in [0.29, 0.717) is 25.3 Å². The Morgan fingerprint density at radius 1 is 1.32 bits per heavy atom. The third-order valence-electron chi connectivity index (χ3n) is 3.12. The van der Waals surface area contributed by atoms with Crippen LogP contribution in [0.25, 0.3) is 0 Å². The number of hydrogen-bond acceptors (Lipinski definition) is 3. The highest BCUT2D eigenvalue weighted by molar-refractivity contribution is 6.31. The molecule has 7 heteroatoms. The van der Waals surface area contributed by atoms with Crippen LogP contribution in [0.4, 0.5) is 10.1 Å². The zero-order chi connectivity index (χ0) is 16.8. The van der Waals surface area contributed by atoms with Crippen LogP contribution in [0.1, 0.15) is 20.3 Å². The summed E-state index contributed by atoms with van der Waals surface area (Å²) < 4.78 is 18.0. The minimum atomic E-state index is -1.27. The maximum Gasteiger partial charge on any atom is 0.239 e. The van der Waals surface area contributed by atoms with Crippen LogP contribution >= 0.6 is 11.6 Å². The Bertz CT molecular complexity index is 550. The molecule has 1 aromatic carbocycles. The molecule has 1 rings (SSSR count). The normalized spacial score (nSPS) is 11.1. The lowest BCUT2D eigenvalue weighted by atomic mass is 9.91. The number of anilines is 1. The molecular formula is C15H20ClFN2O3. The van der Waals surface area contributed by atoms with Gasteiger partial charge in [-0.3, -0.25) is 9.59 Å². The first-order chi connectivity index (χ1) is 10.3. The first-order valence-electron chi connectivity index (χ1n) is 6.82. The molecule has 0 aliphatic rings.